The highest BCUT2D eigenvalue weighted by molar-refractivity contribution is 7.80. The van der Waals surface area contributed by atoms with Gasteiger partial charge in [-0.05, 0) is 23.1 Å². The molecule has 3 N–H and O–H groups in total. The Morgan fingerprint density at radius 2 is 2.06 bits per heavy atom. The molecule has 2 unspecified atom stereocenters. The molecule has 1 aromatic carbocycles. The fourth-order valence-corrected chi connectivity index (χ4v) is 2.02. The molecule has 0 aromatic heterocycles. The molecule has 0 amide bonds. The van der Waals surface area contributed by atoms with Crippen LogP contribution in [0.15, 0.2) is 18.2 Å². The summed E-state index contributed by atoms with van der Waals surface area (Å²) >= 11 is 4.29. The zero-order valence-corrected chi connectivity index (χ0v) is 11.6. The minimum absolute atomic E-state index is 0.279. The lowest BCUT2D eigenvalue weighted by atomic mass is 9.96. The van der Waals surface area contributed by atoms with Gasteiger partial charge in [0, 0.05) is 0 Å². The highest BCUT2D eigenvalue weighted by atomic mass is 32.1. The van der Waals surface area contributed by atoms with E-state index in [1.54, 1.807) is 13.2 Å². The second-order valence-electron chi connectivity index (χ2n) is 4.46. The Labute approximate surface area is 113 Å². The molecule has 0 aliphatic rings. The summed E-state index contributed by atoms with van der Waals surface area (Å²) in [6, 6.07) is 4.50. The lowest BCUT2D eigenvalue weighted by Gasteiger charge is -2.19. The minimum Gasteiger partial charge on any atom is -0.496 e. The van der Waals surface area contributed by atoms with Gasteiger partial charge in [-0.15, -0.1) is 0 Å². The summed E-state index contributed by atoms with van der Waals surface area (Å²) in [7, 11) is 1.61. The zero-order chi connectivity index (χ0) is 13.9. The second kappa shape index (κ2) is 6.11. The van der Waals surface area contributed by atoms with Gasteiger partial charge in [0.25, 0.3) is 0 Å². The van der Waals surface area contributed by atoms with Gasteiger partial charge >= 0.3 is 5.97 Å². The van der Waals surface area contributed by atoms with E-state index in [-0.39, 0.29) is 5.92 Å². The maximum Gasteiger partial charge on any atom is 0.321 e. The molecule has 1 aromatic rings. The number of rotatable bonds is 5. The first-order valence-corrected chi connectivity index (χ1v) is 6.24. The molecule has 0 saturated heterocycles. The van der Waals surface area contributed by atoms with Crippen molar-refractivity contribution in [1.82, 2.24) is 0 Å². The average Bonchev–Trinajstić information content (AvgIpc) is 2.35. The third-order valence-corrected chi connectivity index (χ3v) is 3.46. The quantitative estimate of drug-likeness (QED) is 0.717. The van der Waals surface area contributed by atoms with Gasteiger partial charge in [0.05, 0.1) is 12.4 Å². The fourth-order valence-electron chi connectivity index (χ4n) is 1.73. The summed E-state index contributed by atoms with van der Waals surface area (Å²) in [5, 5.41) is 8.36. The first-order valence-electron chi connectivity index (χ1n) is 5.72. The maximum absolute atomic E-state index is 10.9. The van der Waals surface area contributed by atoms with Crippen LogP contribution in [0.5, 0.6) is 5.75 Å². The van der Waals surface area contributed by atoms with Gasteiger partial charge < -0.3 is 15.6 Å². The number of nitrogens with two attached hydrogens (primary N) is 1. The summed E-state index contributed by atoms with van der Waals surface area (Å²) < 4.78 is 5.28. The molecule has 4 nitrogen and oxygen atoms in total. The van der Waals surface area contributed by atoms with Crippen molar-refractivity contribution in [2.75, 3.05) is 7.11 Å². The Morgan fingerprint density at radius 3 is 2.50 bits per heavy atom. The predicted octanol–water partition coefficient (Wildman–Crippen LogP) is 2.20. The second-order valence-corrected chi connectivity index (χ2v) is 5.02. The molecule has 1 rings (SSSR count). The number of hydrogen-bond acceptors (Lipinski definition) is 4. The van der Waals surface area contributed by atoms with Crippen LogP contribution in [0, 0.1) is 0 Å². The van der Waals surface area contributed by atoms with Crippen LogP contribution in [0.25, 0.3) is 0 Å². The Morgan fingerprint density at radius 1 is 1.44 bits per heavy atom. The number of methoxy groups -OCH3 is 1. The van der Waals surface area contributed by atoms with Crippen molar-refractivity contribution in [3.05, 3.63) is 29.3 Å². The summed E-state index contributed by atoms with van der Waals surface area (Å²) in [6.07, 6.45) is 0. The number of aliphatic carboxylic acids is 1. The molecule has 18 heavy (non-hydrogen) atoms. The number of carboxylic acid groups (broad SMARTS) is 1. The molecule has 0 aliphatic carbocycles. The molecule has 0 aliphatic heterocycles. The van der Waals surface area contributed by atoms with E-state index in [2.05, 4.69) is 12.6 Å². The fraction of sp³-hybridized carbons (Fsp3) is 0.462. The average molecular weight is 269 g/mol. The highest BCUT2D eigenvalue weighted by Crippen LogP contribution is 2.32. The van der Waals surface area contributed by atoms with Crippen molar-refractivity contribution in [2.45, 2.75) is 31.1 Å². The smallest absolute Gasteiger partial charge is 0.321 e. The number of hydrogen-bond donors (Lipinski definition) is 3. The molecule has 0 saturated carbocycles. The number of thiol groups is 1. The number of carboxylic acids is 1. The van der Waals surface area contributed by atoms with Gasteiger partial charge in [-0.1, -0.05) is 26.0 Å². The van der Waals surface area contributed by atoms with Crippen LogP contribution >= 0.6 is 12.6 Å². The van der Waals surface area contributed by atoms with Crippen molar-refractivity contribution in [3.63, 3.8) is 0 Å². The summed E-state index contributed by atoms with van der Waals surface area (Å²) in [5.41, 5.74) is 7.39. The number of carbonyl (C=O) groups is 1. The zero-order valence-electron chi connectivity index (χ0n) is 10.8. The van der Waals surface area contributed by atoms with E-state index in [0.717, 1.165) is 16.9 Å². The Hall–Kier alpha value is -1.20. The largest absolute Gasteiger partial charge is 0.496 e. The van der Waals surface area contributed by atoms with Crippen LogP contribution in [-0.2, 0) is 4.79 Å². The van der Waals surface area contributed by atoms with E-state index < -0.39 is 17.3 Å². The van der Waals surface area contributed by atoms with Gasteiger partial charge in [0.2, 0.25) is 0 Å². The molecular weight excluding hydrogens is 250 g/mol. The van der Waals surface area contributed by atoms with Gasteiger partial charge in [-0.3, -0.25) is 4.79 Å². The van der Waals surface area contributed by atoms with E-state index in [1.165, 1.54) is 0 Å². The van der Waals surface area contributed by atoms with Gasteiger partial charge in [0.15, 0.2) is 0 Å². The van der Waals surface area contributed by atoms with E-state index >= 15 is 0 Å². The van der Waals surface area contributed by atoms with Gasteiger partial charge in [-0.25, -0.2) is 0 Å². The van der Waals surface area contributed by atoms with Crippen LogP contribution in [0.1, 0.15) is 36.1 Å². The summed E-state index contributed by atoms with van der Waals surface area (Å²) in [4.78, 5) is 10.9. The molecule has 0 bridgehead atoms. The minimum atomic E-state index is -1.06. The van der Waals surface area contributed by atoms with Crippen LogP contribution in [-0.4, -0.2) is 24.2 Å². The molecule has 0 radical (unpaired) electrons. The Bertz CT molecular complexity index is 434. The first-order chi connectivity index (χ1) is 8.38. The topological polar surface area (TPSA) is 72.5 Å². The highest BCUT2D eigenvalue weighted by Gasteiger charge is 2.23. The van der Waals surface area contributed by atoms with Gasteiger partial charge in [0.1, 0.15) is 11.8 Å². The van der Waals surface area contributed by atoms with Crippen LogP contribution in [0.2, 0.25) is 0 Å². The molecule has 0 spiro atoms. The van der Waals surface area contributed by atoms with Crippen molar-refractivity contribution >= 4 is 18.6 Å². The number of benzene rings is 1. The van der Waals surface area contributed by atoms with Crippen LogP contribution in [0.3, 0.4) is 0 Å². The van der Waals surface area contributed by atoms with Crippen LogP contribution < -0.4 is 10.5 Å². The Balaban J connectivity index is 3.11. The summed E-state index contributed by atoms with van der Waals surface area (Å²) in [6.45, 7) is 4.10. The van der Waals surface area contributed by atoms with E-state index in [1.807, 2.05) is 26.0 Å². The van der Waals surface area contributed by atoms with Crippen molar-refractivity contribution in [3.8, 4) is 5.75 Å². The third kappa shape index (κ3) is 3.17. The van der Waals surface area contributed by atoms with Gasteiger partial charge in [-0.2, -0.15) is 12.6 Å². The standard InChI is InChI=1S/C13H19NO3S/c1-7(2)9-6-8(4-5-10(9)17-3)12(18)11(14)13(15)16/h4-7,11-12,18H,14H2,1-3H3,(H,15,16). The first kappa shape index (κ1) is 14.9. The molecular formula is C13H19NO3S. The predicted molar refractivity (Wildman–Crippen MR) is 74.4 cm³/mol. The number of ether oxygens (including phenoxy) is 1. The van der Waals surface area contributed by atoms with E-state index in [4.69, 9.17) is 15.6 Å². The Kier molecular flexibility index (Phi) is 5.04. The van der Waals surface area contributed by atoms with Crippen molar-refractivity contribution < 1.29 is 14.6 Å². The molecule has 5 heteroatoms. The lowest BCUT2D eigenvalue weighted by Crippen LogP contribution is -2.34. The molecule has 2 atom stereocenters. The molecule has 0 heterocycles. The molecule has 0 fully saturated rings. The van der Waals surface area contributed by atoms with Crippen molar-refractivity contribution in [1.29, 1.82) is 0 Å². The van der Waals surface area contributed by atoms with E-state index in [0.29, 0.717) is 0 Å². The lowest BCUT2D eigenvalue weighted by molar-refractivity contribution is -0.138. The van der Waals surface area contributed by atoms with E-state index in [9.17, 15) is 4.79 Å². The third-order valence-electron chi connectivity index (χ3n) is 2.84. The SMILES string of the molecule is COc1ccc(C(S)C(N)C(=O)O)cc1C(C)C. The summed E-state index contributed by atoms with van der Waals surface area (Å²) in [5.74, 6) is 0.0107. The normalized spacial score (nSPS) is 14.3. The molecule has 100 valence electrons. The maximum atomic E-state index is 10.9. The van der Waals surface area contributed by atoms with Crippen LogP contribution in [0.4, 0.5) is 0 Å². The monoisotopic (exact) mass is 269 g/mol. The van der Waals surface area contributed by atoms with Crippen molar-refractivity contribution in [2.24, 2.45) is 5.73 Å².